The van der Waals surface area contributed by atoms with Gasteiger partial charge in [0.15, 0.2) is 0 Å². The van der Waals surface area contributed by atoms with Crippen LogP contribution >= 0.6 is 31.9 Å². The van der Waals surface area contributed by atoms with Gasteiger partial charge >= 0.3 is 0 Å². The van der Waals surface area contributed by atoms with Gasteiger partial charge < -0.3 is 15.0 Å². The average Bonchev–Trinajstić information content (AvgIpc) is 2.68. The first kappa shape index (κ1) is 13.4. The lowest BCUT2D eigenvalue weighted by atomic mass is 10.3. The van der Waals surface area contributed by atoms with Gasteiger partial charge in [-0.25, -0.2) is 4.98 Å². The van der Waals surface area contributed by atoms with Crippen LogP contribution in [0, 0.1) is 0 Å². The largest absolute Gasteiger partial charge is 0.491 e. The van der Waals surface area contributed by atoms with Gasteiger partial charge in [-0.15, -0.1) is 0 Å². The summed E-state index contributed by atoms with van der Waals surface area (Å²) in [6, 6.07) is 3.64. The number of nitrogens with zero attached hydrogens (tertiary/aromatic N) is 2. The molecule has 0 fully saturated rings. The molecule has 2 N–H and O–H groups in total. The van der Waals surface area contributed by atoms with Crippen molar-refractivity contribution in [3.05, 3.63) is 39.3 Å². The van der Waals surface area contributed by atoms with Crippen LogP contribution in [0.2, 0.25) is 0 Å². The zero-order valence-corrected chi connectivity index (χ0v) is 13.0. The van der Waals surface area contributed by atoms with Gasteiger partial charge in [0, 0.05) is 31.5 Å². The van der Waals surface area contributed by atoms with Crippen molar-refractivity contribution in [2.75, 3.05) is 12.3 Å². The molecular formula is C12H13Br2N3O. The Bertz CT molecular complexity index is 531. The summed E-state index contributed by atoms with van der Waals surface area (Å²) in [4.78, 5) is 4.25. The molecule has 0 aliphatic rings. The maximum absolute atomic E-state index is 5.75. The molecule has 1 aromatic heterocycles. The second-order valence-corrected chi connectivity index (χ2v) is 5.58. The van der Waals surface area contributed by atoms with Gasteiger partial charge in [0.25, 0.3) is 0 Å². The predicted molar refractivity (Wildman–Crippen MR) is 78.7 cm³/mol. The van der Waals surface area contributed by atoms with E-state index in [1.54, 1.807) is 6.20 Å². The molecule has 0 unspecified atom stereocenters. The molecule has 4 nitrogen and oxygen atoms in total. The van der Waals surface area contributed by atoms with Crippen LogP contribution in [0.1, 0.15) is 5.82 Å². The Morgan fingerprint density at radius 2 is 2.00 bits per heavy atom. The van der Waals surface area contributed by atoms with E-state index in [0.717, 1.165) is 26.9 Å². The Morgan fingerprint density at radius 3 is 2.56 bits per heavy atom. The summed E-state index contributed by atoms with van der Waals surface area (Å²) in [6.45, 7) is 0.561. The molecule has 0 aliphatic heterocycles. The fourth-order valence-electron chi connectivity index (χ4n) is 1.60. The average molecular weight is 375 g/mol. The number of halogens is 2. The highest BCUT2D eigenvalue weighted by Gasteiger charge is 2.08. The quantitative estimate of drug-likeness (QED) is 0.836. The molecule has 0 spiro atoms. The van der Waals surface area contributed by atoms with Gasteiger partial charge in [0.2, 0.25) is 0 Å². The number of aryl methyl sites for hydroxylation is 1. The zero-order chi connectivity index (χ0) is 13.1. The summed E-state index contributed by atoms with van der Waals surface area (Å²) < 4.78 is 9.41. The number of nitrogen functional groups attached to an aromatic ring is 1. The Balaban J connectivity index is 2.01. The lowest BCUT2D eigenvalue weighted by Crippen LogP contribution is -2.07. The maximum atomic E-state index is 5.75. The van der Waals surface area contributed by atoms with E-state index in [-0.39, 0.29) is 0 Å². The SMILES string of the molecule is Cn1ccnc1CCOc1c(Br)cc(N)cc1Br. The molecule has 96 valence electrons. The van der Waals surface area contributed by atoms with Gasteiger partial charge in [-0.3, -0.25) is 0 Å². The molecule has 0 radical (unpaired) electrons. The van der Waals surface area contributed by atoms with E-state index in [1.807, 2.05) is 29.9 Å². The van der Waals surface area contributed by atoms with Gasteiger partial charge in [-0.05, 0) is 44.0 Å². The minimum Gasteiger partial charge on any atom is -0.491 e. The van der Waals surface area contributed by atoms with Crippen LogP contribution in [-0.2, 0) is 13.5 Å². The van der Waals surface area contributed by atoms with Crippen LogP contribution < -0.4 is 10.5 Å². The molecule has 18 heavy (non-hydrogen) atoms. The summed E-state index contributed by atoms with van der Waals surface area (Å²) in [5.41, 5.74) is 6.41. The van der Waals surface area contributed by atoms with Gasteiger partial charge in [-0.2, -0.15) is 0 Å². The van der Waals surface area contributed by atoms with Crippen molar-refractivity contribution in [3.63, 3.8) is 0 Å². The maximum Gasteiger partial charge on any atom is 0.147 e. The van der Waals surface area contributed by atoms with Crippen molar-refractivity contribution < 1.29 is 4.74 Å². The summed E-state index contributed by atoms with van der Waals surface area (Å²) >= 11 is 6.87. The lowest BCUT2D eigenvalue weighted by Gasteiger charge is -2.11. The standard InChI is InChI=1S/C12H13Br2N3O/c1-17-4-3-16-11(17)2-5-18-12-9(13)6-8(15)7-10(12)14/h3-4,6-7H,2,5,15H2,1H3. The topological polar surface area (TPSA) is 53.1 Å². The summed E-state index contributed by atoms with van der Waals surface area (Å²) in [5, 5.41) is 0. The number of aromatic nitrogens is 2. The Hall–Kier alpha value is -1.01. The Labute approximate surface area is 122 Å². The smallest absolute Gasteiger partial charge is 0.147 e. The highest BCUT2D eigenvalue weighted by molar-refractivity contribution is 9.11. The molecule has 6 heteroatoms. The molecule has 0 saturated carbocycles. The molecule has 2 aromatic rings. The summed E-state index contributed by atoms with van der Waals surface area (Å²) in [6.07, 6.45) is 4.46. The molecule has 0 bridgehead atoms. The molecule has 2 rings (SSSR count). The van der Waals surface area contributed by atoms with Gasteiger partial charge in [0.05, 0.1) is 15.6 Å². The first-order valence-corrected chi connectivity index (χ1v) is 7.00. The number of rotatable bonds is 4. The first-order chi connectivity index (χ1) is 8.58. The number of hydrogen-bond donors (Lipinski definition) is 1. The van der Waals surface area contributed by atoms with E-state index >= 15 is 0 Å². The molecular weight excluding hydrogens is 362 g/mol. The number of nitrogens with two attached hydrogens (primary N) is 1. The van der Waals surface area contributed by atoms with Crippen molar-refractivity contribution in [2.45, 2.75) is 6.42 Å². The van der Waals surface area contributed by atoms with E-state index < -0.39 is 0 Å². The van der Waals surface area contributed by atoms with Crippen LogP contribution in [0.25, 0.3) is 0 Å². The molecule has 1 aromatic carbocycles. The molecule has 0 atom stereocenters. The second kappa shape index (κ2) is 5.75. The van der Waals surface area contributed by atoms with E-state index in [0.29, 0.717) is 12.3 Å². The van der Waals surface area contributed by atoms with Gasteiger partial charge in [-0.1, -0.05) is 0 Å². The van der Waals surface area contributed by atoms with Crippen LogP contribution in [0.4, 0.5) is 5.69 Å². The fourth-order valence-corrected chi connectivity index (χ4v) is 3.05. The zero-order valence-electron chi connectivity index (χ0n) is 9.86. The first-order valence-electron chi connectivity index (χ1n) is 5.41. The van der Waals surface area contributed by atoms with Crippen molar-refractivity contribution in [1.82, 2.24) is 9.55 Å². The van der Waals surface area contributed by atoms with Crippen molar-refractivity contribution >= 4 is 37.5 Å². The van der Waals surface area contributed by atoms with Crippen molar-refractivity contribution in [1.29, 1.82) is 0 Å². The van der Waals surface area contributed by atoms with Crippen LogP contribution in [0.3, 0.4) is 0 Å². The third-order valence-electron chi connectivity index (χ3n) is 2.51. The van der Waals surface area contributed by atoms with E-state index in [1.165, 1.54) is 0 Å². The van der Waals surface area contributed by atoms with Crippen molar-refractivity contribution in [2.24, 2.45) is 7.05 Å². The van der Waals surface area contributed by atoms with Crippen LogP contribution in [0.15, 0.2) is 33.5 Å². The third-order valence-corrected chi connectivity index (χ3v) is 3.69. The Kier molecular flexibility index (Phi) is 4.29. The molecule has 1 heterocycles. The molecule has 0 amide bonds. The Morgan fingerprint density at radius 1 is 1.33 bits per heavy atom. The number of anilines is 1. The normalized spacial score (nSPS) is 10.6. The number of imidazole rings is 1. The summed E-state index contributed by atoms with van der Waals surface area (Å²) in [7, 11) is 1.97. The van der Waals surface area contributed by atoms with E-state index in [9.17, 15) is 0 Å². The summed E-state index contributed by atoms with van der Waals surface area (Å²) in [5.74, 6) is 1.76. The minimum absolute atomic E-state index is 0.561. The highest BCUT2D eigenvalue weighted by Crippen LogP contribution is 2.35. The minimum atomic E-state index is 0.561. The monoisotopic (exact) mass is 373 g/mol. The fraction of sp³-hybridized carbons (Fsp3) is 0.250. The second-order valence-electron chi connectivity index (χ2n) is 3.87. The number of hydrogen-bond acceptors (Lipinski definition) is 3. The van der Waals surface area contributed by atoms with E-state index in [2.05, 4.69) is 36.8 Å². The number of ether oxygens (including phenoxy) is 1. The van der Waals surface area contributed by atoms with Crippen LogP contribution in [0.5, 0.6) is 5.75 Å². The van der Waals surface area contributed by atoms with Gasteiger partial charge in [0.1, 0.15) is 11.6 Å². The van der Waals surface area contributed by atoms with E-state index in [4.69, 9.17) is 10.5 Å². The highest BCUT2D eigenvalue weighted by atomic mass is 79.9. The predicted octanol–water partition coefficient (Wildman–Crippen LogP) is 3.15. The van der Waals surface area contributed by atoms with Crippen molar-refractivity contribution in [3.8, 4) is 5.75 Å². The molecule has 0 saturated heterocycles. The number of benzene rings is 1. The lowest BCUT2D eigenvalue weighted by molar-refractivity contribution is 0.313. The molecule has 0 aliphatic carbocycles. The van der Waals surface area contributed by atoms with Crippen LogP contribution in [-0.4, -0.2) is 16.2 Å². The third kappa shape index (κ3) is 3.05.